The molecule has 5 nitrogen and oxygen atoms in total. The maximum Gasteiger partial charge on any atom is 0.249 e. The number of nitrogens with zero attached hydrogens (tertiary/aromatic N) is 1. The van der Waals surface area contributed by atoms with Crippen molar-refractivity contribution in [2.75, 3.05) is 6.54 Å². The van der Waals surface area contributed by atoms with Gasteiger partial charge in [-0.05, 0) is 19.3 Å². The van der Waals surface area contributed by atoms with Crippen molar-refractivity contribution in [1.29, 1.82) is 0 Å². The number of imide groups is 1. The number of carbonyl (C=O) groups excluding carboxylic acids is 3. The van der Waals surface area contributed by atoms with Crippen LogP contribution in [0.2, 0.25) is 0 Å². The second-order valence-corrected chi connectivity index (χ2v) is 6.40. The zero-order valence-corrected chi connectivity index (χ0v) is 14.7. The Labute approximate surface area is 140 Å². The van der Waals surface area contributed by atoms with E-state index in [9.17, 15) is 14.4 Å². The van der Waals surface area contributed by atoms with Gasteiger partial charge in [0.15, 0.2) is 0 Å². The van der Waals surface area contributed by atoms with Gasteiger partial charge in [0.1, 0.15) is 6.04 Å². The van der Waals surface area contributed by atoms with Crippen molar-refractivity contribution >= 4 is 17.7 Å². The molecule has 1 saturated heterocycles. The van der Waals surface area contributed by atoms with Crippen molar-refractivity contribution < 1.29 is 14.4 Å². The van der Waals surface area contributed by atoms with E-state index in [4.69, 9.17) is 0 Å². The van der Waals surface area contributed by atoms with Gasteiger partial charge in [0.2, 0.25) is 17.7 Å². The zero-order chi connectivity index (χ0) is 17.1. The Morgan fingerprint density at radius 3 is 2.30 bits per heavy atom. The second-order valence-electron chi connectivity index (χ2n) is 6.40. The highest BCUT2D eigenvalue weighted by Crippen LogP contribution is 2.16. The monoisotopic (exact) mass is 324 g/mol. The molecule has 0 radical (unpaired) electrons. The number of unbranched alkanes of at least 4 members (excludes halogenated alkanes) is 6. The molecule has 1 rings (SSSR count). The fraction of sp³-hybridized carbons (Fsp3) is 0.833. The van der Waals surface area contributed by atoms with Crippen LogP contribution in [-0.2, 0) is 14.4 Å². The summed E-state index contributed by atoms with van der Waals surface area (Å²) in [6, 6.07) is -0.497. The first-order chi connectivity index (χ1) is 11.1. The maximum absolute atomic E-state index is 12.2. The van der Waals surface area contributed by atoms with Gasteiger partial charge in [-0.2, -0.15) is 0 Å². The molecule has 5 heteroatoms. The van der Waals surface area contributed by atoms with Gasteiger partial charge in [-0.25, -0.2) is 0 Å². The predicted octanol–water partition coefficient (Wildman–Crippen LogP) is 3.17. The van der Waals surface area contributed by atoms with Crippen LogP contribution in [0.3, 0.4) is 0 Å². The lowest BCUT2D eigenvalue weighted by atomic mass is 10.1. The predicted molar refractivity (Wildman–Crippen MR) is 90.8 cm³/mol. The van der Waals surface area contributed by atoms with Crippen LogP contribution in [0.25, 0.3) is 0 Å². The van der Waals surface area contributed by atoms with Gasteiger partial charge in [0.25, 0.3) is 0 Å². The number of carbonyl (C=O) groups is 3. The molecule has 0 saturated carbocycles. The average Bonchev–Trinajstić information content (AvgIpc) is 2.93. The van der Waals surface area contributed by atoms with E-state index >= 15 is 0 Å². The summed E-state index contributed by atoms with van der Waals surface area (Å²) in [5.41, 5.74) is 0. The Morgan fingerprint density at radius 2 is 1.74 bits per heavy atom. The third-order valence-electron chi connectivity index (χ3n) is 4.45. The van der Waals surface area contributed by atoms with Gasteiger partial charge >= 0.3 is 0 Å². The molecule has 1 fully saturated rings. The Bertz CT molecular complexity index is 396. The van der Waals surface area contributed by atoms with Gasteiger partial charge in [-0.15, -0.1) is 0 Å². The highest BCUT2D eigenvalue weighted by molar-refractivity contribution is 5.99. The van der Waals surface area contributed by atoms with Crippen LogP contribution in [0.15, 0.2) is 0 Å². The van der Waals surface area contributed by atoms with Crippen molar-refractivity contribution in [3.8, 4) is 0 Å². The molecule has 1 N–H and O–H groups in total. The van der Waals surface area contributed by atoms with Crippen LogP contribution in [0, 0.1) is 0 Å². The average molecular weight is 324 g/mol. The van der Waals surface area contributed by atoms with Crippen LogP contribution in [0.4, 0.5) is 0 Å². The third kappa shape index (κ3) is 7.14. The highest BCUT2D eigenvalue weighted by atomic mass is 16.2. The van der Waals surface area contributed by atoms with E-state index in [1.807, 2.05) is 6.92 Å². The van der Waals surface area contributed by atoms with Gasteiger partial charge < -0.3 is 4.90 Å². The molecule has 1 atom stereocenters. The Hall–Kier alpha value is -1.39. The Morgan fingerprint density at radius 1 is 1.09 bits per heavy atom. The van der Waals surface area contributed by atoms with Crippen LogP contribution < -0.4 is 5.32 Å². The lowest BCUT2D eigenvalue weighted by Gasteiger charge is -2.25. The topological polar surface area (TPSA) is 66.5 Å². The van der Waals surface area contributed by atoms with Crippen molar-refractivity contribution in [2.45, 2.75) is 90.5 Å². The van der Waals surface area contributed by atoms with Crippen LogP contribution >= 0.6 is 0 Å². The highest BCUT2D eigenvalue weighted by Gasteiger charge is 2.31. The molecule has 1 aliphatic rings. The van der Waals surface area contributed by atoms with Crippen LogP contribution in [0.5, 0.6) is 0 Å². The minimum absolute atomic E-state index is 0.0199. The molecule has 132 valence electrons. The van der Waals surface area contributed by atoms with Gasteiger partial charge in [-0.3, -0.25) is 19.7 Å². The van der Waals surface area contributed by atoms with Gasteiger partial charge in [0, 0.05) is 19.4 Å². The first kappa shape index (κ1) is 19.7. The van der Waals surface area contributed by atoms with Crippen molar-refractivity contribution in [1.82, 2.24) is 10.2 Å². The smallest absolute Gasteiger partial charge is 0.249 e. The minimum atomic E-state index is -0.497. The molecule has 1 unspecified atom stereocenters. The lowest BCUT2D eigenvalue weighted by Crippen LogP contribution is -2.48. The molecular weight excluding hydrogens is 292 g/mol. The zero-order valence-electron chi connectivity index (χ0n) is 14.7. The second kappa shape index (κ2) is 11.2. The summed E-state index contributed by atoms with van der Waals surface area (Å²) in [4.78, 5) is 37.4. The normalized spacial score (nSPS) is 15.7. The SMILES string of the molecule is CCCCCCCCCC(=O)NC(=O)C(CC)N1CCCC1=O. The molecule has 0 aromatic heterocycles. The van der Waals surface area contributed by atoms with E-state index in [0.29, 0.717) is 25.8 Å². The molecule has 3 amide bonds. The van der Waals surface area contributed by atoms with E-state index in [2.05, 4.69) is 12.2 Å². The van der Waals surface area contributed by atoms with E-state index in [0.717, 1.165) is 25.7 Å². The molecule has 0 aliphatic carbocycles. The summed E-state index contributed by atoms with van der Waals surface area (Å²) in [7, 11) is 0. The largest absolute Gasteiger partial charge is 0.331 e. The molecule has 0 bridgehead atoms. The fourth-order valence-corrected chi connectivity index (χ4v) is 3.07. The molecule has 0 aromatic rings. The summed E-state index contributed by atoms with van der Waals surface area (Å²) < 4.78 is 0. The number of amides is 3. The first-order valence-electron chi connectivity index (χ1n) is 9.23. The summed E-state index contributed by atoms with van der Waals surface area (Å²) in [5, 5.41) is 2.47. The Kier molecular flexibility index (Phi) is 9.57. The van der Waals surface area contributed by atoms with Gasteiger partial charge in [0.05, 0.1) is 0 Å². The summed E-state index contributed by atoms with van der Waals surface area (Å²) >= 11 is 0. The molecule has 0 aromatic carbocycles. The van der Waals surface area contributed by atoms with Crippen molar-refractivity contribution in [2.24, 2.45) is 0 Å². The lowest BCUT2D eigenvalue weighted by molar-refractivity contribution is -0.140. The molecule has 1 aliphatic heterocycles. The molecular formula is C18H32N2O3. The fourth-order valence-electron chi connectivity index (χ4n) is 3.07. The number of rotatable bonds is 11. The molecule has 23 heavy (non-hydrogen) atoms. The van der Waals surface area contributed by atoms with E-state index < -0.39 is 6.04 Å². The minimum Gasteiger partial charge on any atom is -0.331 e. The van der Waals surface area contributed by atoms with Gasteiger partial charge in [-0.1, -0.05) is 52.4 Å². The van der Waals surface area contributed by atoms with E-state index in [-0.39, 0.29) is 17.7 Å². The standard InChI is InChI=1S/C18H32N2O3/c1-3-5-6-7-8-9-10-12-16(21)19-18(23)15(4-2)20-14-11-13-17(20)22/h15H,3-14H2,1-2H3,(H,19,21,23). The number of likely N-dealkylation sites (tertiary alicyclic amines) is 1. The summed E-state index contributed by atoms with van der Waals surface area (Å²) in [6.45, 7) is 4.69. The Balaban J connectivity index is 2.21. The number of hydrogen-bond donors (Lipinski definition) is 1. The van der Waals surface area contributed by atoms with Crippen LogP contribution in [-0.4, -0.2) is 35.2 Å². The quantitative estimate of drug-likeness (QED) is 0.594. The van der Waals surface area contributed by atoms with Crippen LogP contribution in [0.1, 0.15) is 84.5 Å². The van der Waals surface area contributed by atoms with Crippen molar-refractivity contribution in [3.63, 3.8) is 0 Å². The molecule has 1 heterocycles. The summed E-state index contributed by atoms with van der Waals surface area (Å²) in [6.07, 6.45) is 10.3. The van der Waals surface area contributed by atoms with E-state index in [1.165, 1.54) is 25.7 Å². The number of hydrogen-bond acceptors (Lipinski definition) is 3. The van der Waals surface area contributed by atoms with Crippen molar-refractivity contribution in [3.05, 3.63) is 0 Å². The van der Waals surface area contributed by atoms with E-state index in [1.54, 1.807) is 4.90 Å². The maximum atomic E-state index is 12.2. The summed E-state index contributed by atoms with van der Waals surface area (Å²) in [5.74, 6) is -0.518. The first-order valence-corrected chi connectivity index (χ1v) is 9.23. The number of nitrogens with one attached hydrogen (secondary N) is 1. The molecule has 0 spiro atoms. The third-order valence-corrected chi connectivity index (χ3v) is 4.45.